The summed E-state index contributed by atoms with van der Waals surface area (Å²) in [4.78, 5) is 26.8. The Morgan fingerprint density at radius 2 is 1.86 bits per heavy atom. The van der Waals surface area contributed by atoms with Crippen LogP contribution in [0.25, 0.3) is 0 Å². The summed E-state index contributed by atoms with van der Waals surface area (Å²) in [6, 6.07) is 6.37. The second kappa shape index (κ2) is 6.67. The van der Waals surface area contributed by atoms with Gasteiger partial charge in [-0.25, -0.2) is 4.79 Å². The number of halogens is 1. The Balaban J connectivity index is 1.93. The standard InChI is InChI=1S/C14H19ClN4O2/c1-10(17-14(16)21)13(20)19-8-6-18(7-9-19)12-5-3-2-4-11(12)15/h2-5,10H,6-9H2,1H3,(H3,16,17,21)/t10-/m0/s1. The number of nitrogens with zero attached hydrogens (tertiary/aromatic N) is 2. The molecule has 1 saturated heterocycles. The molecule has 0 spiro atoms. The minimum absolute atomic E-state index is 0.118. The van der Waals surface area contributed by atoms with Crippen LogP contribution in [0.2, 0.25) is 5.02 Å². The lowest BCUT2D eigenvalue weighted by atomic mass is 10.2. The summed E-state index contributed by atoms with van der Waals surface area (Å²) in [5.74, 6) is -0.118. The molecule has 0 bridgehead atoms. The Bertz CT molecular complexity index is 529. The van der Waals surface area contributed by atoms with E-state index < -0.39 is 12.1 Å². The number of anilines is 1. The smallest absolute Gasteiger partial charge is 0.312 e. The second-order valence-corrected chi connectivity index (χ2v) is 5.40. The van der Waals surface area contributed by atoms with Gasteiger partial charge >= 0.3 is 6.03 Å². The first-order valence-corrected chi connectivity index (χ1v) is 7.21. The molecule has 0 saturated carbocycles. The third kappa shape index (κ3) is 3.78. The van der Waals surface area contributed by atoms with E-state index in [1.807, 2.05) is 24.3 Å². The quantitative estimate of drug-likeness (QED) is 0.875. The number of hydrogen-bond acceptors (Lipinski definition) is 3. The zero-order chi connectivity index (χ0) is 15.4. The van der Waals surface area contributed by atoms with Crippen LogP contribution in [0.3, 0.4) is 0 Å². The number of amides is 3. The van der Waals surface area contributed by atoms with Crippen LogP contribution in [0.5, 0.6) is 0 Å². The van der Waals surface area contributed by atoms with Gasteiger partial charge in [0.25, 0.3) is 0 Å². The summed E-state index contributed by atoms with van der Waals surface area (Å²) in [6.45, 7) is 4.23. The number of piperazine rings is 1. The van der Waals surface area contributed by atoms with Crippen LogP contribution in [-0.4, -0.2) is 49.1 Å². The molecule has 0 aliphatic carbocycles. The predicted octanol–water partition coefficient (Wildman–Crippen LogP) is 1.05. The first-order chi connectivity index (χ1) is 9.99. The Hall–Kier alpha value is -1.95. The first-order valence-electron chi connectivity index (χ1n) is 6.83. The summed E-state index contributed by atoms with van der Waals surface area (Å²) in [7, 11) is 0. The summed E-state index contributed by atoms with van der Waals surface area (Å²) < 4.78 is 0. The number of rotatable bonds is 3. The van der Waals surface area contributed by atoms with Crippen molar-refractivity contribution >= 4 is 29.2 Å². The van der Waals surface area contributed by atoms with Crippen molar-refractivity contribution in [1.82, 2.24) is 10.2 Å². The fraction of sp³-hybridized carbons (Fsp3) is 0.429. The Labute approximate surface area is 128 Å². The van der Waals surface area contributed by atoms with Crippen LogP contribution in [0.1, 0.15) is 6.92 Å². The monoisotopic (exact) mass is 310 g/mol. The van der Waals surface area contributed by atoms with Crippen molar-refractivity contribution in [3.63, 3.8) is 0 Å². The molecule has 1 aliphatic rings. The largest absolute Gasteiger partial charge is 0.367 e. The van der Waals surface area contributed by atoms with E-state index in [2.05, 4.69) is 10.2 Å². The predicted molar refractivity (Wildman–Crippen MR) is 82.4 cm³/mol. The molecule has 7 heteroatoms. The van der Waals surface area contributed by atoms with E-state index in [0.29, 0.717) is 31.2 Å². The van der Waals surface area contributed by atoms with Crippen molar-refractivity contribution in [3.8, 4) is 0 Å². The average molecular weight is 311 g/mol. The van der Waals surface area contributed by atoms with E-state index in [1.54, 1.807) is 11.8 Å². The number of carbonyl (C=O) groups is 2. The molecule has 114 valence electrons. The van der Waals surface area contributed by atoms with Gasteiger partial charge in [-0.15, -0.1) is 0 Å². The molecule has 1 atom stereocenters. The molecule has 3 N–H and O–H groups in total. The lowest BCUT2D eigenvalue weighted by Gasteiger charge is -2.37. The number of hydrogen-bond donors (Lipinski definition) is 2. The topological polar surface area (TPSA) is 78.7 Å². The zero-order valence-corrected chi connectivity index (χ0v) is 12.6. The summed E-state index contributed by atoms with van der Waals surface area (Å²) in [5, 5.41) is 3.11. The molecule has 1 aromatic rings. The summed E-state index contributed by atoms with van der Waals surface area (Å²) in [5.41, 5.74) is 6.01. The Kier molecular flexibility index (Phi) is 4.90. The lowest BCUT2D eigenvalue weighted by Crippen LogP contribution is -2.54. The number of nitrogens with one attached hydrogen (secondary N) is 1. The highest BCUT2D eigenvalue weighted by Crippen LogP contribution is 2.26. The van der Waals surface area contributed by atoms with Gasteiger partial charge in [0.1, 0.15) is 6.04 Å². The molecule has 1 fully saturated rings. The number of carbonyl (C=O) groups excluding carboxylic acids is 2. The van der Waals surface area contributed by atoms with Crippen LogP contribution >= 0.6 is 11.6 Å². The first kappa shape index (κ1) is 15.4. The molecular formula is C14H19ClN4O2. The van der Waals surface area contributed by atoms with Crippen molar-refractivity contribution in [3.05, 3.63) is 29.3 Å². The molecule has 0 radical (unpaired) electrons. The van der Waals surface area contributed by atoms with Crippen LogP contribution in [0.15, 0.2) is 24.3 Å². The van der Waals surface area contributed by atoms with Crippen LogP contribution in [0.4, 0.5) is 10.5 Å². The number of urea groups is 1. The van der Waals surface area contributed by atoms with Gasteiger partial charge in [0.05, 0.1) is 10.7 Å². The highest BCUT2D eigenvalue weighted by molar-refractivity contribution is 6.33. The fourth-order valence-corrected chi connectivity index (χ4v) is 2.68. The average Bonchev–Trinajstić information content (AvgIpc) is 2.46. The number of benzene rings is 1. The minimum atomic E-state index is -0.689. The third-order valence-corrected chi connectivity index (χ3v) is 3.83. The number of para-hydroxylation sites is 1. The van der Waals surface area contributed by atoms with Crippen molar-refractivity contribution in [2.24, 2.45) is 5.73 Å². The van der Waals surface area contributed by atoms with Gasteiger partial charge in [-0.3, -0.25) is 4.79 Å². The van der Waals surface area contributed by atoms with Crippen molar-refractivity contribution < 1.29 is 9.59 Å². The molecule has 6 nitrogen and oxygen atoms in total. The van der Waals surface area contributed by atoms with Crippen LogP contribution < -0.4 is 16.0 Å². The fourth-order valence-electron chi connectivity index (χ4n) is 2.42. The highest BCUT2D eigenvalue weighted by atomic mass is 35.5. The molecule has 21 heavy (non-hydrogen) atoms. The van der Waals surface area contributed by atoms with Crippen LogP contribution in [0, 0.1) is 0 Å². The van der Waals surface area contributed by atoms with Gasteiger partial charge in [0, 0.05) is 26.2 Å². The number of nitrogens with two attached hydrogens (primary N) is 1. The van der Waals surface area contributed by atoms with Gasteiger partial charge in [-0.05, 0) is 19.1 Å². The van der Waals surface area contributed by atoms with E-state index in [-0.39, 0.29) is 5.91 Å². The van der Waals surface area contributed by atoms with Crippen molar-refractivity contribution in [2.75, 3.05) is 31.1 Å². The molecular weight excluding hydrogens is 292 g/mol. The maximum Gasteiger partial charge on any atom is 0.312 e. The molecule has 0 aromatic heterocycles. The van der Waals surface area contributed by atoms with Crippen LogP contribution in [-0.2, 0) is 4.79 Å². The Morgan fingerprint density at radius 3 is 2.43 bits per heavy atom. The maximum absolute atomic E-state index is 12.2. The Morgan fingerprint density at radius 1 is 1.24 bits per heavy atom. The van der Waals surface area contributed by atoms with E-state index in [9.17, 15) is 9.59 Å². The SMILES string of the molecule is C[C@H](NC(N)=O)C(=O)N1CCN(c2ccccc2Cl)CC1. The van der Waals surface area contributed by atoms with Gasteiger partial charge < -0.3 is 20.9 Å². The highest BCUT2D eigenvalue weighted by Gasteiger charge is 2.26. The van der Waals surface area contributed by atoms with Crippen molar-refractivity contribution in [1.29, 1.82) is 0 Å². The summed E-state index contributed by atoms with van der Waals surface area (Å²) in [6.07, 6.45) is 0. The summed E-state index contributed by atoms with van der Waals surface area (Å²) >= 11 is 6.18. The molecule has 1 aliphatic heterocycles. The molecule has 1 aromatic carbocycles. The van der Waals surface area contributed by atoms with E-state index in [4.69, 9.17) is 17.3 Å². The molecule has 3 amide bonds. The minimum Gasteiger partial charge on any atom is -0.367 e. The van der Waals surface area contributed by atoms with Crippen molar-refractivity contribution in [2.45, 2.75) is 13.0 Å². The second-order valence-electron chi connectivity index (χ2n) is 4.99. The lowest BCUT2D eigenvalue weighted by molar-refractivity contribution is -0.133. The normalized spacial score (nSPS) is 16.5. The zero-order valence-electron chi connectivity index (χ0n) is 11.9. The van der Waals surface area contributed by atoms with Gasteiger partial charge in [-0.2, -0.15) is 0 Å². The van der Waals surface area contributed by atoms with E-state index in [1.165, 1.54) is 0 Å². The van der Waals surface area contributed by atoms with E-state index in [0.717, 1.165) is 5.69 Å². The maximum atomic E-state index is 12.2. The van der Waals surface area contributed by atoms with Gasteiger partial charge in [-0.1, -0.05) is 23.7 Å². The van der Waals surface area contributed by atoms with E-state index >= 15 is 0 Å². The van der Waals surface area contributed by atoms with Gasteiger partial charge in [0.2, 0.25) is 5.91 Å². The molecule has 0 unspecified atom stereocenters. The van der Waals surface area contributed by atoms with Gasteiger partial charge in [0.15, 0.2) is 0 Å². The third-order valence-electron chi connectivity index (χ3n) is 3.51. The number of primary amides is 1. The molecule has 2 rings (SSSR count). The molecule has 1 heterocycles.